The average Bonchev–Trinajstić information content (AvgIpc) is 2.68. The van der Waals surface area contributed by atoms with Crippen LogP contribution in [-0.4, -0.2) is 6.04 Å². The van der Waals surface area contributed by atoms with Crippen molar-refractivity contribution < 1.29 is 0 Å². The van der Waals surface area contributed by atoms with Crippen LogP contribution in [0, 0.1) is 17.2 Å². The third-order valence-corrected chi connectivity index (χ3v) is 3.38. The zero-order valence-corrected chi connectivity index (χ0v) is 9.53. The molecule has 16 heavy (non-hydrogen) atoms. The lowest BCUT2D eigenvalue weighted by molar-refractivity contribution is 0.556. The predicted molar refractivity (Wildman–Crippen MR) is 66.0 cm³/mol. The van der Waals surface area contributed by atoms with E-state index in [9.17, 15) is 0 Å². The van der Waals surface area contributed by atoms with E-state index in [0.29, 0.717) is 17.5 Å². The Morgan fingerprint density at radius 3 is 2.88 bits per heavy atom. The Balaban J connectivity index is 2.17. The Morgan fingerprint density at radius 2 is 2.25 bits per heavy atom. The summed E-state index contributed by atoms with van der Waals surface area (Å²) < 4.78 is 0. The van der Waals surface area contributed by atoms with Gasteiger partial charge in [-0.3, -0.25) is 0 Å². The molecule has 2 rings (SSSR count). The zero-order chi connectivity index (χ0) is 11.5. The Kier molecular flexibility index (Phi) is 3.00. The highest BCUT2D eigenvalue weighted by Crippen LogP contribution is 2.30. The Bertz CT molecular complexity index is 420. The maximum absolute atomic E-state index is 8.85. The first-order valence-electron chi connectivity index (χ1n) is 5.77. The second-order valence-electron chi connectivity index (χ2n) is 4.57. The molecule has 1 aliphatic rings. The van der Waals surface area contributed by atoms with Crippen LogP contribution in [0.15, 0.2) is 18.2 Å². The number of nitrogens with zero attached hydrogens (tertiary/aromatic N) is 1. The van der Waals surface area contributed by atoms with E-state index < -0.39 is 0 Å². The third-order valence-electron chi connectivity index (χ3n) is 3.38. The molecule has 0 radical (unpaired) electrons. The van der Waals surface area contributed by atoms with Crippen molar-refractivity contribution in [1.29, 1.82) is 5.26 Å². The molecule has 0 bridgehead atoms. The molecule has 0 amide bonds. The van der Waals surface area contributed by atoms with Crippen molar-refractivity contribution in [2.24, 2.45) is 5.92 Å². The number of rotatable bonds is 2. The third kappa shape index (κ3) is 2.11. The van der Waals surface area contributed by atoms with Gasteiger partial charge in [-0.05, 0) is 37.0 Å². The van der Waals surface area contributed by atoms with Crippen LogP contribution in [-0.2, 0) is 0 Å². The van der Waals surface area contributed by atoms with Crippen molar-refractivity contribution in [3.05, 3.63) is 23.8 Å². The van der Waals surface area contributed by atoms with Crippen LogP contribution in [0.2, 0.25) is 0 Å². The highest BCUT2D eigenvalue weighted by Gasteiger charge is 2.23. The summed E-state index contributed by atoms with van der Waals surface area (Å²) in [5.41, 5.74) is 8.17. The number of nitrogen functional groups attached to an aromatic ring is 1. The lowest BCUT2D eigenvalue weighted by atomic mass is 10.1. The largest absolute Gasteiger partial charge is 0.397 e. The van der Waals surface area contributed by atoms with Crippen LogP contribution in [0.3, 0.4) is 0 Å². The molecule has 1 aromatic carbocycles. The van der Waals surface area contributed by atoms with Gasteiger partial charge in [-0.25, -0.2) is 0 Å². The van der Waals surface area contributed by atoms with Crippen molar-refractivity contribution in [2.45, 2.75) is 32.2 Å². The number of nitrogens with one attached hydrogen (secondary N) is 1. The van der Waals surface area contributed by atoms with E-state index in [2.05, 4.69) is 18.3 Å². The summed E-state index contributed by atoms with van der Waals surface area (Å²) in [7, 11) is 0. The minimum absolute atomic E-state index is 0.497. The van der Waals surface area contributed by atoms with Crippen molar-refractivity contribution in [3.8, 4) is 6.07 Å². The normalized spacial score (nSPS) is 24.0. The summed E-state index contributed by atoms with van der Waals surface area (Å²) in [4.78, 5) is 0. The second kappa shape index (κ2) is 4.44. The minimum Gasteiger partial charge on any atom is -0.397 e. The molecule has 2 unspecified atom stereocenters. The van der Waals surface area contributed by atoms with Gasteiger partial charge in [0.1, 0.15) is 0 Å². The summed E-state index contributed by atoms with van der Waals surface area (Å²) in [5, 5.41) is 12.3. The molecule has 3 N–H and O–H groups in total. The zero-order valence-electron chi connectivity index (χ0n) is 9.53. The first-order chi connectivity index (χ1) is 7.70. The molecule has 1 fully saturated rings. The molecule has 2 atom stereocenters. The van der Waals surface area contributed by atoms with Gasteiger partial charge in [-0.15, -0.1) is 0 Å². The number of hydrogen-bond acceptors (Lipinski definition) is 3. The maximum atomic E-state index is 8.85. The van der Waals surface area contributed by atoms with Gasteiger partial charge in [0.15, 0.2) is 0 Å². The van der Waals surface area contributed by atoms with Crippen molar-refractivity contribution in [1.82, 2.24) is 0 Å². The van der Waals surface area contributed by atoms with Gasteiger partial charge >= 0.3 is 0 Å². The fourth-order valence-electron chi connectivity index (χ4n) is 2.31. The summed E-state index contributed by atoms with van der Waals surface area (Å²) >= 11 is 0. The molecule has 0 aliphatic heterocycles. The minimum atomic E-state index is 0.497. The number of anilines is 2. The Morgan fingerprint density at radius 1 is 1.44 bits per heavy atom. The molecule has 84 valence electrons. The van der Waals surface area contributed by atoms with Gasteiger partial charge in [-0.1, -0.05) is 13.3 Å². The number of nitrogens with two attached hydrogens (primary N) is 1. The second-order valence-corrected chi connectivity index (χ2v) is 4.57. The van der Waals surface area contributed by atoms with E-state index in [4.69, 9.17) is 11.0 Å². The van der Waals surface area contributed by atoms with Crippen LogP contribution in [0.5, 0.6) is 0 Å². The van der Waals surface area contributed by atoms with Gasteiger partial charge in [0.25, 0.3) is 0 Å². The highest BCUT2D eigenvalue weighted by molar-refractivity contribution is 5.68. The molecule has 3 nitrogen and oxygen atoms in total. The van der Waals surface area contributed by atoms with E-state index in [0.717, 1.165) is 11.4 Å². The molecule has 0 spiro atoms. The fourth-order valence-corrected chi connectivity index (χ4v) is 2.31. The first kappa shape index (κ1) is 10.8. The van der Waals surface area contributed by atoms with Gasteiger partial charge < -0.3 is 11.1 Å². The molecule has 1 saturated carbocycles. The number of hydrogen-bond donors (Lipinski definition) is 2. The molecule has 0 heterocycles. The van der Waals surface area contributed by atoms with E-state index in [1.807, 2.05) is 6.07 Å². The van der Waals surface area contributed by atoms with Crippen molar-refractivity contribution in [3.63, 3.8) is 0 Å². The first-order valence-corrected chi connectivity index (χ1v) is 5.77. The van der Waals surface area contributed by atoms with Gasteiger partial charge in [0.05, 0.1) is 23.0 Å². The Hall–Kier alpha value is -1.69. The van der Waals surface area contributed by atoms with Crippen LogP contribution in [0.1, 0.15) is 31.7 Å². The predicted octanol–water partition coefficient (Wildman–Crippen LogP) is 2.74. The molecule has 0 saturated heterocycles. The van der Waals surface area contributed by atoms with Crippen LogP contribution in [0.4, 0.5) is 11.4 Å². The Labute approximate surface area is 96.3 Å². The summed E-state index contributed by atoms with van der Waals surface area (Å²) in [6, 6.07) is 8.01. The van der Waals surface area contributed by atoms with Gasteiger partial charge in [0.2, 0.25) is 0 Å². The molecule has 1 aromatic rings. The summed E-state index contributed by atoms with van der Waals surface area (Å²) in [5.74, 6) is 0.685. The molecule has 0 aromatic heterocycles. The molecular formula is C13H17N3. The van der Waals surface area contributed by atoms with Gasteiger partial charge in [-0.2, -0.15) is 5.26 Å². The van der Waals surface area contributed by atoms with E-state index in [1.54, 1.807) is 12.1 Å². The summed E-state index contributed by atoms with van der Waals surface area (Å²) in [6.07, 6.45) is 3.74. The lowest BCUT2D eigenvalue weighted by Crippen LogP contribution is -2.22. The maximum Gasteiger partial charge on any atom is 0.0992 e. The average molecular weight is 215 g/mol. The SMILES string of the molecule is CC1CCCC1Nc1cc(C#N)ccc1N. The molecular weight excluding hydrogens is 198 g/mol. The van der Waals surface area contributed by atoms with Crippen LogP contribution >= 0.6 is 0 Å². The topological polar surface area (TPSA) is 61.8 Å². The lowest BCUT2D eigenvalue weighted by Gasteiger charge is -2.20. The van der Waals surface area contributed by atoms with E-state index in [-0.39, 0.29) is 0 Å². The monoisotopic (exact) mass is 215 g/mol. The van der Waals surface area contributed by atoms with E-state index in [1.165, 1.54) is 19.3 Å². The summed E-state index contributed by atoms with van der Waals surface area (Å²) in [6.45, 7) is 2.26. The van der Waals surface area contributed by atoms with Gasteiger partial charge in [0, 0.05) is 6.04 Å². The van der Waals surface area contributed by atoms with Crippen molar-refractivity contribution >= 4 is 11.4 Å². The van der Waals surface area contributed by atoms with Crippen molar-refractivity contribution in [2.75, 3.05) is 11.1 Å². The number of nitriles is 1. The standard InChI is InChI=1S/C13H17N3/c1-9-3-2-4-12(9)16-13-7-10(8-14)5-6-11(13)15/h5-7,9,12,16H,2-4,15H2,1H3. The smallest absolute Gasteiger partial charge is 0.0992 e. The highest BCUT2D eigenvalue weighted by atomic mass is 14.9. The molecule has 1 aliphatic carbocycles. The quantitative estimate of drug-likeness (QED) is 0.746. The van der Waals surface area contributed by atoms with Crippen LogP contribution < -0.4 is 11.1 Å². The van der Waals surface area contributed by atoms with E-state index >= 15 is 0 Å². The molecule has 3 heteroatoms. The number of benzene rings is 1. The van der Waals surface area contributed by atoms with Crippen LogP contribution in [0.25, 0.3) is 0 Å². The fraction of sp³-hybridized carbons (Fsp3) is 0.462.